The zero-order valence-electron chi connectivity index (χ0n) is 16.6. The summed E-state index contributed by atoms with van der Waals surface area (Å²) in [5.74, 6) is 0.701. The first-order valence-electron chi connectivity index (χ1n) is 8.93. The van der Waals surface area contributed by atoms with Crippen LogP contribution in [0.1, 0.15) is 25.1 Å². The molecule has 0 aliphatic rings. The second-order valence-corrected chi connectivity index (χ2v) is 5.14. The van der Waals surface area contributed by atoms with E-state index in [1.807, 2.05) is 38.1 Å². The molecule has 1 aromatic carbocycles. The minimum absolute atomic E-state index is 0.289. The highest BCUT2D eigenvalue weighted by Gasteiger charge is 2.08. The molecule has 0 aliphatic carbocycles. The number of nitrogens with one attached hydrogen (secondary N) is 2. The van der Waals surface area contributed by atoms with Crippen LogP contribution in [0.15, 0.2) is 43.6 Å². The molecule has 28 heavy (non-hydrogen) atoms. The van der Waals surface area contributed by atoms with Crippen LogP contribution in [0.5, 0.6) is 0 Å². The summed E-state index contributed by atoms with van der Waals surface area (Å²) < 4.78 is 0. The summed E-state index contributed by atoms with van der Waals surface area (Å²) in [6.45, 7) is 10.5. The molecule has 0 fully saturated rings. The number of rotatable bonds is 6. The first kappa shape index (κ1) is 22.5. The van der Waals surface area contributed by atoms with Gasteiger partial charge in [-0.1, -0.05) is 26.0 Å². The second-order valence-electron chi connectivity index (χ2n) is 5.14. The molecule has 0 spiro atoms. The number of nitrogens with zero attached hydrogens (tertiary/aromatic N) is 4. The monoisotopic (exact) mass is 381 g/mol. The molecule has 2 heterocycles. The van der Waals surface area contributed by atoms with Crippen molar-refractivity contribution in [3.05, 3.63) is 54.9 Å². The number of anilines is 3. The van der Waals surface area contributed by atoms with Gasteiger partial charge in [-0.25, -0.2) is 9.97 Å². The van der Waals surface area contributed by atoms with Gasteiger partial charge in [0.25, 0.3) is 0 Å². The third-order valence-electron chi connectivity index (χ3n) is 3.45. The van der Waals surface area contributed by atoms with Crippen molar-refractivity contribution in [3.8, 4) is 0 Å². The predicted molar refractivity (Wildman–Crippen MR) is 115 cm³/mol. The number of carbonyl (C=O) groups is 1. The fourth-order valence-electron chi connectivity index (χ4n) is 2.21. The van der Waals surface area contributed by atoms with E-state index in [-0.39, 0.29) is 5.82 Å². The lowest BCUT2D eigenvalue weighted by atomic mass is 10.1. The Kier molecular flexibility index (Phi) is 9.60. The smallest absolute Gasteiger partial charge is 0.226 e. The van der Waals surface area contributed by atoms with Crippen LogP contribution < -0.4 is 16.4 Å². The van der Waals surface area contributed by atoms with Crippen LogP contribution in [0.25, 0.3) is 11.2 Å². The maximum absolute atomic E-state index is 10.5. The van der Waals surface area contributed by atoms with E-state index >= 15 is 0 Å². The Morgan fingerprint density at radius 3 is 2.39 bits per heavy atom. The van der Waals surface area contributed by atoms with Gasteiger partial charge in [0, 0.05) is 19.2 Å². The molecule has 0 unspecified atom stereocenters. The molecule has 0 saturated carbocycles. The SMILES string of the molecule is C=C.CC.CNc1nc(N)c2nc(CNc3ccc(CC=O)cc3)cnc2n1. The Morgan fingerprint density at radius 1 is 1.11 bits per heavy atom. The second kappa shape index (κ2) is 11.9. The Hall–Kier alpha value is -3.55. The van der Waals surface area contributed by atoms with Crippen molar-refractivity contribution in [2.45, 2.75) is 26.8 Å². The number of hydrogen-bond acceptors (Lipinski definition) is 8. The molecule has 2 aromatic heterocycles. The van der Waals surface area contributed by atoms with Crippen molar-refractivity contribution < 1.29 is 4.79 Å². The average Bonchev–Trinajstić information content (AvgIpc) is 2.76. The molecule has 0 saturated heterocycles. The molecule has 0 aliphatic heterocycles. The molecular formula is C20H27N7O. The summed E-state index contributed by atoms with van der Waals surface area (Å²) in [6, 6.07) is 7.66. The molecule has 0 radical (unpaired) electrons. The zero-order valence-corrected chi connectivity index (χ0v) is 16.6. The Labute approximate surface area is 165 Å². The standard InChI is InChI=1S/C16H17N7O.C2H6.C2H4/c1-18-16-22-14(17)13-15(23-16)20-9-12(21-13)8-19-11-4-2-10(3-5-11)6-7-24;2*1-2/h2-5,7,9,19H,6,8H2,1H3,(H3,17,18,20,22,23);1-2H3;1-2H2. The van der Waals surface area contributed by atoms with Crippen LogP contribution in [0.3, 0.4) is 0 Å². The molecule has 0 amide bonds. The number of aromatic nitrogens is 4. The molecule has 0 atom stereocenters. The van der Waals surface area contributed by atoms with Crippen molar-refractivity contribution in [1.29, 1.82) is 0 Å². The van der Waals surface area contributed by atoms with E-state index in [9.17, 15) is 4.79 Å². The third-order valence-corrected chi connectivity index (χ3v) is 3.45. The number of aldehydes is 1. The fourth-order valence-corrected chi connectivity index (χ4v) is 2.21. The van der Waals surface area contributed by atoms with Crippen molar-refractivity contribution in [1.82, 2.24) is 19.9 Å². The molecule has 3 rings (SSSR count). The van der Waals surface area contributed by atoms with Gasteiger partial charge >= 0.3 is 0 Å². The van der Waals surface area contributed by atoms with E-state index in [1.54, 1.807) is 13.2 Å². The lowest BCUT2D eigenvalue weighted by Crippen LogP contribution is -2.07. The van der Waals surface area contributed by atoms with E-state index in [0.717, 1.165) is 23.2 Å². The van der Waals surface area contributed by atoms with E-state index in [0.29, 0.717) is 30.1 Å². The van der Waals surface area contributed by atoms with Crippen LogP contribution in [-0.2, 0) is 17.8 Å². The number of fused-ring (bicyclic) bond motifs is 1. The van der Waals surface area contributed by atoms with Crippen molar-refractivity contribution in [3.63, 3.8) is 0 Å². The highest BCUT2D eigenvalue weighted by Crippen LogP contribution is 2.16. The Bertz CT molecular complexity index is 882. The largest absolute Gasteiger partial charge is 0.382 e. The maximum Gasteiger partial charge on any atom is 0.226 e. The van der Waals surface area contributed by atoms with Crippen molar-refractivity contribution in [2.24, 2.45) is 0 Å². The van der Waals surface area contributed by atoms with E-state index in [2.05, 4.69) is 43.7 Å². The third kappa shape index (κ3) is 6.01. The fraction of sp³-hybridized carbons (Fsp3) is 0.250. The lowest BCUT2D eigenvalue weighted by Gasteiger charge is -2.08. The molecule has 148 valence electrons. The molecule has 0 bridgehead atoms. The summed E-state index contributed by atoms with van der Waals surface area (Å²) >= 11 is 0. The number of benzene rings is 1. The summed E-state index contributed by atoms with van der Waals surface area (Å²) in [5.41, 5.74) is 9.48. The Morgan fingerprint density at radius 2 is 1.79 bits per heavy atom. The molecule has 8 nitrogen and oxygen atoms in total. The highest BCUT2D eigenvalue weighted by molar-refractivity contribution is 5.81. The number of nitrogens with two attached hydrogens (primary N) is 1. The van der Waals surface area contributed by atoms with Gasteiger partial charge in [0.2, 0.25) is 5.95 Å². The van der Waals surface area contributed by atoms with E-state index in [4.69, 9.17) is 5.73 Å². The molecule has 4 N–H and O–H groups in total. The van der Waals surface area contributed by atoms with Crippen LogP contribution in [0, 0.1) is 0 Å². The number of hydrogen-bond donors (Lipinski definition) is 3. The van der Waals surface area contributed by atoms with Gasteiger partial charge in [-0.2, -0.15) is 9.97 Å². The van der Waals surface area contributed by atoms with Crippen molar-refractivity contribution in [2.75, 3.05) is 23.4 Å². The van der Waals surface area contributed by atoms with Gasteiger partial charge in [-0.15, -0.1) is 13.2 Å². The summed E-state index contributed by atoms with van der Waals surface area (Å²) in [4.78, 5) is 27.6. The highest BCUT2D eigenvalue weighted by atomic mass is 16.1. The van der Waals surface area contributed by atoms with Gasteiger partial charge in [-0.3, -0.25) is 0 Å². The van der Waals surface area contributed by atoms with Crippen LogP contribution in [0.4, 0.5) is 17.5 Å². The van der Waals surface area contributed by atoms with Gasteiger partial charge < -0.3 is 21.2 Å². The molecule has 3 aromatic rings. The van der Waals surface area contributed by atoms with E-state index in [1.165, 1.54) is 0 Å². The minimum Gasteiger partial charge on any atom is -0.382 e. The topological polar surface area (TPSA) is 119 Å². The minimum atomic E-state index is 0.289. The van der Waals surface area contributed by atoms with Gasteiger partial charge in [0.05, 0.1) is 18.4 Å². The van der Waals surface area contributed by atoms with E-state index < -0.39 is 0 Å². The van der Waals surface area contributed by atoms with Gasteiger partial charge in [-0.05, 0) is 17.7 Å². The zero-order chi connectivity index (χ0) is 20.9. The summed E-state index contributed by atoms with van der Waals surface area (Å²) in [7, 11) is 1.71. The predicted octanol–water partition coefficient (Wildman–Crippen LogP) is 3.23. The van der Waals surface area contributed by atoms with Crippen molar-refractivity contribution >= 4 is 34.9 Å². The van der Waals surface area contributed by atoms with Crippen LogP contribution in [-0.4, -0.2) is 33.3 Å². The summed E-state index contributed by atoms with van der Waals surface area (Å²) in [6.07, 6.45) is 2.96. The molecular weight excluding hydrogens is 354 g/mol. The molecule has 8 heteroatoms. The Balaban J connectivity index is 0.000000921. The van der Waals surface area contributed by atoms with Gasteiger partial charge in [0.15, 0.2) is 17.0 Å². The number of nitrogen functional groups attached to an aromatic ring is 1. The van der Waals surface area contributed by atoms with Crippen LogP contribution >= 0.6 is 0 Å². The first-order chi connectivity index (χ1) is 13.7. The number of carbonyl (C=O) groups excluding carboxylic acids is 1. The first-order valence-corrected chi connectivity index (χ1v) is 8.93. The van der Waals surface area contributed by atoms with Gasteiger partial charge in [0.1, 0.15) is 6.29 Å². The lowest BCUT2D eigenvalue weighted by molar-refractivity contribution is -0.107. The quantitative estimate of drug-likeness (QED) is 0.440. The normalized spacial score (nSPS) is 9.39. The van der Waals surface area contributed by atoms with Crippen LogP contribution in [0.2, 0.25) is 0 Å². The maximum atomic E-state index is 10.5. The average molecular weight is 381 g/mol. The summed E-state index contributed by atoms with van der Waals surface area (Å²) in [5, 5.41) is 6.08.